The third-order valence-corrected chi connectivity index (χ3v) is 6.69. The maximum absolute atomic E-state index is 11.1. The van der Waals surface area contributed by atoms with Crippen molar-refractivity contribution in [1.82, 2.24) is 0 Å². The average molecular weight is 272 g/mol. The molecule has 0 unspecified atom stereocenters. The van der Waals surface area contributed by atoms with Gasteiger partial charge in [0.25, 0.3) is 20.6 Å². The zero-order chi connectivity index (χ0) is 12.2. The van der Waals surface area contributed by atoms with E-state index in [2.05, 4.69) is 0 Å². The summed E-state index contributed by atoms with van der Waals surface area (Å²) in [5, 5.41) is 0. The molecule has 16 heavy (non-hydrogen) atoms. The highest BCUT2D eigenvalue weighted by molar-refractivity contribution is 7.80. The van der Waals surface area contributed by atoms with Crippen molar-refractivity contribution in [3.8, 4) is 0 Å². The van der Waals surface area contributed by atoms with Crippen LogP contribution >= 0.6 is 0 Å². The Kier molecular flexibility index (Phi) is 2.40. The molecule has 0 atom stereocenters. The van der Waals surface area contributed by atoms with Gasteiger partial charge in [-0.1, -0.05) is 0 Å². The Hall–Kier alpha value is -0.260. The lowest BCUT2D eigenvalue weighted by Crippen LogP contribution is -2.77. The lowest BCUT2D eigenvalue weighted by Gasteiger charge is -2.54. The van der Waals surface area contributed by atoms with Crippen LogP contribution in [-0.4, -0.2) is 73.0 Å². The van der Waals surface area contributed by atoms with Crippen LogP contribution in [0.25, 0.3) is 0 Å². The molecule has 94 valence electrons. The van der Waals surface area contributed by atoms with Crippen LogP contribution in [0.3, 0.4) is 0 Å². The van der Waals surface area contributed by atoms with Crippen LogP contribution in [0.15, 0.2) is 0 Å². The molecule has 3 heterocycles. The number of quaternary nitrogens is 2. The van der Waals surface area contributed by atoms with E-state index in [-0.39, 0.29) is 39.3 Å². The minimum atomic E-state index is -4.49. The Morgan fingerprint density at radius 2 is 0.812 bits per heavy atom. The van der Waals surface area contributed by atoms with Gasteiger partial charge in [-0.05, 0) is 0 Å². The predicted molar refractivity (Wildman–Crippen MR) is 49.1 cm³/mol. The van der Waals surface area contributed by atoms with Crippen molar-refractivity contribution < 1.29 is 33.7 Å². The van der Waals surface area contributed by atoms with E-state index in [1.807, 2.05) is 0 Å². The molecule has 3 fully saturated rings. The Bertz CT molecular complexity index is 437. The van der Waals surface area contributed by atoms with E-state index in [1.165, 1.54) is 0 Å². The lowest BCUT2D eigenvalue weighted by atomic mass is 10.2. The third kappa shape index (κ3) is 1.49. The summed E-state index contributed by atoms with van der Waals surface area (Å²) in [5.74, 6) is 0. The number of fused-ring (bicyclic) bond motifs is 3. The van der Waals surface area contributed by atoms with E-state index in [9.17, 15) is 25.9 Å². The van der Waals surface area contributed by atoms with Gasteiger partial charge in [0, 0.05) is 0 Å². The SMILES string of the molecule is O=S(=O)([O-])[N+]12CC[N+](S(=O)(=O)[O-])(CC1)CC2. The van der Waals surface area contributed by atoms with E-state index < -0.39 is 28.4 Å². The van der Waals surface area contributed by atoms with Crippen molar-refractivity contribution in [2.75, 3.05) is 39.3 Å². The molecule has 2 bridgehead atoms. The van der Waals surface area contributed by atoms with Gasteiger partial charge in [-0.3, -0.25) is 0 Å². The maximum Gasteiger partial charge on any atom is 0.254 e. The van der Waals surface area contributed by atoms with Gasteiger partial charge in [0.2, 0.25) is 0 Å². The van der Waals surface area contributed by atoms with Crippen LogP contribution in [0, 0.1) is 0 Å². The van der Waals surface area contributed by atoms with Gasteiger partial charge in [0.15, 0.2) is 0 Å². The normalized spacial score (nSPS) is 39.9. The van der Waals surface area contributed by atoms with Crippen LogP contribution in [0.1, 0.15) is 0 Å². The molecule has 3 aliphatic rings. The van der Waals surface area contributed by atoms with Gasteiger partial charge in [-0.2, -0.15) is 16.8 Å². The van der Waals surface area contributed by atoms with Crippen molar-refractivity contribution in [2.24, 2.45) is 0 Å². The molecule has 3 aliphatic heterocycles. The van der Waals surface area contributed by atoms with Gasteiger partial charge in [0.1, 0.15) is 39.3 Å². The first-order valence-corrected chi connectivity index (χ1v) is 7.49. The molecule has 3 rings (SSSR count). The predicted octanol–water partition coefficient (Wildman–Crippen LogP) is -2.43. The Morgan fingerprint density at radius 3 is 0.938 bits per heavy atom. The smallest absolute Gasteiger partial charge is 0.254 e. The molecule has 0 saturated carbocycles. The molecule has 0 amide bonds. The minimum absolute atomic E-state index is 0.0900. The molecule has 0 spiro atoms. The van der Waals surface area contributed by atoms with Gasteiger partial charge in [-0.25, -0.2) is 7.78 Å². The molecular formula is C6H12N2O6S2. The van der Waals surface area contributed by atoms with Crippen molar-refractivity contribution in [2.45, 2.75) is 0 Å². The fourth-order valence-electron chi connectivity index (χ4n) is 2.44. The molecule has 10 heteroatoms. The molecule has 0 aromatic carbocycles. The highest BCUT2D eigenvalue weighted by Crippen LogP contribution is 2.31. The molecule has 0 aliphatic carbocycles. The zero-order valence-corrected chi connectivity index (χ0v) is 10.0. The average Bonchev–Trinajstić information content (AvgIpc) is 2.17. The Labute approximate surface area is 94.0 Å². The van der Waals surface area contributed by atoms with Crippen LogP contribution < -0.4 is 0 Å². The zero-order valence-electron chi connectivity index (χ0n) is 8.40. The Morgan fingerprint density at radius 1 is 0.625 bits per heavy atom. The summed E-state index contributed by atoms with van der Waals surface area (Å²) in [6, 6.07) is 0. The highest BCUT2D eigenvalue weighted by Gasteiger charge is 2.55. The quantitative estimate of drug-likeness (QED) is 0.408. The monoisotopic (exact) mass is 272 g/mol. The van der Waals surface area contributed by atoms with E-state index in [0.29, 0.717) is 0 Å². The van der Waals surface area contributed by atoms with E-state index in [4.69, 9.17) is 0 Å². The first kappa shape index (κ1) is 12.2. The van der Waals surface area contributed by atoms with Crippen molar-refractivity contribution >= 4 is 20.6 Å². The summed E-state index contributed by atoms with van der Waals surface area (Å²) in [5.41, 5.74) is 0. The number of hydrogen-bond donors (Lipinski definition) is 0. The molecule has 0 aromatic heterocycles. The second-order valence-corrected chi connectivity index (χ2v) is 7.57. The molecular weight excluding hydrogens is 260 g/mol. The molecule has 0 aromatic rings. The fraction of sp³-hybridized carbons (Fsp3) is 1.00. The summed E-state index contributed by atoms with van der Waals surface area (Å²) >= 11 is 0. The molecule has 0 radical (unpaired) electrons. The largest absolute Gasteiger partial charge is 0.702 e. The summed E-state index contributed by atoms with van der Waals surface area (Å²) in [4.78, 5) is 0. The fourth-order valence-corrected chi connectivity index (χ4v) is 4.27. The highest BCUT2D eigenvalue weighted by atomic mass is 32.2. The van der Waals surface area contributed by atoms with Gasteiger partial charge >= 0.3 is 0 Å². The van der Waals surface area contributed by atoms with Crippen molar-refractivity contribution in [1.29, 1.82) is 0 Å². The van der Waals surface area contributed by atoms with Crippen molar-refractivity contribution in [3.63, 3.8) is 0 Å². The Balaban J connectivity index is 2.35. The van der Waals surface area contributed by atoms with Gasteiger partial charge in [-0.15, -0.1) is 0 Å². The molecule has 8 nitrogen and oxygen atoms in total. The first-order valence-electron chi connectivity index (χ1n) is 4.76. The second kappa shape index (κ2) is 3.15. The van der Waals surface area contributed by atoms with E-state index >= 15 is 0 Å². The van der Waals surface area contributed by atoms with Crippen LogP contribution in [-0.2, 0) is 20.6 Å². The van der Waals surface area contributed by atoms with Crippen molar-refractivity contribution in [3.05, 3.63) is 0 Å². The lowest BCUT2D eigenvalue weighted by molar-refractivity contribution is -0.976. The second-order valence-electron chi connectivity index (χ2n) is 4.31. The van der Waals surface area contributed by atoms with Crippen LogP contribution in [0.2, 0.25) is 0 Å². The van der Waals surface area contributed by atoms with Gasteiger partial charge in [0.05, 0.1) is 0 Å². The van der Waals surface area contributed by atoms with Gasteiger partial charge < -0.3 is 9.11 Å². The molecule has 0 N–H and O–H groups in total. The van der Waals surface area contributed by atoms with E-state index in [1.54, 1.807) is 0 Å². The number of nitrogens with zero attached hydrogens (tertiary/aromatic N) is 2. The van der Waals surface area contributed by atoms with Crippen LogP contribution in [0.4, 0.5) is 0 Å². The summed E-state index contributed by atoms with van der Waals surface area (Å²) in [7, 11) is -8.98. The summed E-state index contributed by atoms with van der Waals surface area (Å²) < 4.78 is 65.4. The first-order chi connectivity index (χ1) is 7.12. The topological polar surface area (TPSA) is 114 Å². The van der Waals surface area contributed by atoms with E-state index in [0.717, 1.165) is 0 Å². The number of hydrogen-bond acceptors (Lipinski definition) is 6. The third-order valence-electron chi connectivity index (χ3n) is 3.69. The molecule has 3 saturated heterocycles. The standard InChI is InChI=1S/C6H12N2O6S2/c9-15(10,11)7-1-2-8(5-3-7,6-4-7)16(12,13)14/h1-6H2. The minimum Gasteiger partial charge on any atom is -0.702 e. The number of rotatable bonds is 2. The van der Waals surface area contributed by atoms with Crippen LogP contribution in [0.5, 0.6) is 0 Å². The summed E-state index contributed by atoms with van der Waals surface area (Å²) in [6.07, 6.45) is 0. The summed E-state index contributed by atoms with van der Waals surface area (Å²) in [6.45, 7) is -0.540. The number of piperazine rings is 3. The maximum atomic E-state index is 11.1.